The van der Waals surface area contributed by atoms with E-state index in [9.17, 15) is 4.79 Å². The number of benzene rings is 2. The van der Waals surface area contributed by atoms with Gasteiger partial charge in [0.05, 0.1) is 18.8 Å². The molecule has 2 N–H and O–H groups in total. The highest BCUT2D eigenvalue weighted by molar-refractivity contribution is 5.93. The van der Waals surface area contributed by atoms with Crippen LogP contribution < -0.4 is 10.6 Å². The smallest absolute Gasteiger partial charge is 0.238 e. The number of aryl methyl sites for hydroxylation is 1. The van der Waals surface area contributed by atoms with Crippen LogP contribution in [0, 0.1) is 13.8 Å². The number of amides is 1. The first-order valence-corrected chi connectivity index (χ1v) is 8.33. The molecule has 25 heavy (non-hydrogen) atoms. The Labute approximate surface area is 147 Å². The molecule has 0 fully saturated rings. The predicted octanol–water partition coefficient (Wildman–Crippen LogP) is 4.21. The van der Waals surface area contributed by atoms with E-state index in [4.69, 9.17) is 4.42 Å². The molecule has 2 aromatic carbocycles. The Morgan fingerprint density at radius 1 is 1.00 bits per heavy atom. The summed E-state index contributed by atoms with van der Waals surface area (Å²) < 4.78 is 5.54. The van der Waals surface area contributed by atoms with Gasteiger partial charge < -0.3 is 9.73 Å². The Hall–Kier alpha value is -2.85. The average molecular weight is 334 g/mol. The summed E-state index contributed by atoms with van der Waals surface area (Å²) in [5.41, 5.74) is 4.14. The third kappa shape index (κ3) is 4.17. The molecule has 1 aromatic heterocycles. The van der Waals surface area contributed by atoms with E-state index in [0.717, 1.165) is 28.1 Å². The second-order valence-electron chi connectivity index (χ2n) is 6.04. The summed E-state index contributed by atoms with van der Waals surface area (Å²) in [4.78, 5) is 12.4. The van der Waals surface area contributed by atoms with Gasteiger partial charge in [-0.2, -0.15) is 0 Å². The van der Waals surface area contributed by atoms with E-state index in [0.29, 0.717) is 0 Å². The molecule has 0 radical (unpaired) electrons. The highest BCUT2D eigenvalue weighted by Crippen LogP contribution is 2.22. The van der Waals surface area contributed by atoms with E-state index >= 15 is 0 Å². The first-order chi connectivity index (χ1) is 12.1. The molecule has 128 valence electrons. The van der Waals surface area contributed by atoms with Crippen molar-refractivity contribution in [3.05, 3.63) is 89.4 Å². The van der Waals surface area contributed by atoms with Gasteiger partial charge in [0.1, 0.15) is 5.76 Å². The third-order valence-corrected chi connectivity index (χ3v) is 4.31. The van der Waals surface area contributed by atoms with Crippen molar-refractivity contribution in [1.29, 1.82) is 0 Å². The number of carbonyl (C=O) groups is 1. The van der Waals surface area contributed by atoms with Gasteiger partial charge in [0.25, 0.3) is 0 Å². The van der Waals surface area contributed by atoms with Gasteiger partial charge in [0.2, 0.25) is 5.91 Å². The number of carbonyl (C=O) groups excluding carboxylic acids is 1. The van der Waals surface area contributed by atoms with E-state index in [1.165, 1.54) is 0 Å². The van der Waals surface area contributed by atoms with Crippen molar-refractivity contribution < 1.29 is 9.21 Å². The van der Waals surface area contributed by atoms with Crippen molar-refractivity contribution in [3.8, 4) is 0 Å². The predicted molar refractivity (Wildman–Crippen MR) is 99.5 cm³/mol. The lowest BCUT2D eigenvalue weighted by Gasteiger charge is -2.17. The molecule has 0 aliphatic heterocycles. The fourth-order valence-corrected chi connectivity index (χ4v) is 2.76. The van der Waals surface area contributed by atoms with Gasteiger partial charge in [-0.25, -0.2) is 0 Å². The van der Waals surface area contributed by atoms with Gasteiger partial charge in [-0.05, 0) is 48.7 Å². The molecule has 0 bridgehead atoms. The number of hydrogen-bond acceptors (Lipinski definition) is 3. The second-order valence-corrected chi connectivity index (χ2v) is 6.04. The Morgan fingerprint density at radius 3 is 2.52 bits per heavy atom. The van der Waals surface area contributed by atoms with Crippen LogP contribution in [0.5, 0.6) is 0 Å². The highest BCUT2D eigenvalue weighted by Gasteiger charge is 2.17. The fraction of sp³-hybridized carbons (Fsp3) is 0.190. The van der Waals surface area contributed by atoms with Crippen molar-refractivity contribution in [1.82, 2.24) is 5.32 Å². The summed E-state index contributed by atoms with van der Waals surface area (Å²) in [5.74, 6) is 0.701. The molecule has 0 aliphatic carbocycles. The Morgan fingerprint density at radius 2 is 1.80 bits per heavy atom. The third-order valence-electron chi connectivity index (χ3n) is 4.31. The summed E-state index contributed by atoms with van der Waals surface area (Å²) in [6.07, 6.45) is 1.64. The number of nitrogens with one attached hydrogen (secondary N) is 2. The molecule has 1 atom stereocenters. The zero-order chi connectivity index (χ0) is 17.6. The minimum atomic E-state index is -0.166. The average Bonchev–Trinajstić information content (AvgIpc) is 3.14. The Kier molecular flexibility index (Phi) is 5.31. The van der Waals surface area contributed by atoms with Gasteiger partial charge in [-0.3, -0.25) is 10.1 Å². The molecule has 0 saturated carbocycles. The SMILES string of the molecule is Cc1cccc(NC(=O)CN[C@@H](c2ccccc2)c2ccco2)c1C. The normalized spacial score (nSPS) is 11.9. The second kappa shape index (κ2) is 7.81. The van der Waals surface area contributed by atoms with E-state index in [1.54, 1.807) is 6.26 Å². The van der Waals surface area contributed by atoms with Crippen LogP contribution in [0.15, 0.2) is 71.3 Å². The van der Waals surface area contributed by atoms with Crippen LogP contribution in [0.4, 0.5) is 5.69 Å². The molecule has 0 spiro atoms. The number of anilines is 1. The Bertz CT molecular complexity index is 826. The van der Waals surface area contributed by atoms with Gasteiger partial charge in [0.15, 0.2) is 0 Å². The van der Waals surface area contributed by atoms with E-state index < -0.39 is 0 Å². The van der Waals surface area contributed by atoms with E-state index in [-0.39, 0.29) is 18.5 Å². The quantitative estimate of drug-likeness (QED) is 0.710. The van der Waals surface area contributed by atoms with Gasteiger partial charge in [0, 0.05) is 5.69 Å². The number of furan rings is 1. The maximum Gasteiger partial charge on any atom is 0.238 e. The van der Waals surface area contributed by atoms with Crippen molar-refractivity contribution in [2.75, 3.05) is 11.9 Å². The molecular formula is C21H22N2O2. The maximum absolute atomic E-state index is 12.4. The number of hydrogen-bond donors (Lipinski definition) is 2. The highest BCUT2D eigenvalue weighted by atomic mass is 16.3. The zero-order valence-electron chi connectivity index (χ0n) is 14.5. The monoisotopic (exact) mass is 334 g/mol. The van der Waals surface area contributed by atoms with Gasteiger partial charge in [-0.15, -0.1) is 0 Å². The molecular weight excluding hydrogens is 312 g/mol. The molecule has 3 rings (SSSR count). The van der Waals surface area contributed by atoms with Crippen molar-refractivity contribution in [2.45, 2.75) is 19.9 Å². The van der Waals surface area contributed by atoms with Gasteiger partial charge in [-0.1, -0.05) is 42.5 Å². The molecule has 0 saturated heterocycles. The molecule has 4 nitrogen and oxygen atoms in total. The molecule has 1 amide bonds. The minimum absolute atomic E-state index is 0.0822. The lowest BCUT2D eigenvalue weighted by Crippen LogP contribution is -2.32. The summed E-state index contributed by atoms with van der Waals surface area (Å²) in [5, 5.41) is 6.26. The molecule has 4 heteroatoms. The molecule has 3 aromatic rings. The lowest BCUT2D eigenvalue weighted by molar-refractivity contribution is -0.115. The zero-order valence-corrected chi connectivity index (χ0v) is 14.5. The van der Waals surface area contributed by atoms with Crippen molar-refractivity contribution >= 4 is 11.6 Å². The number of rotatable bonds is 6. The van der Waals surface area contributed by atoms with Crippen LogP contribution in [0.25, 0.3) is 0 Å². The van der Waals surface area contributed by atoms with Crippen LogP contribution in [0.1, 0.15) is 28.5 Å². The van der Waals surface area contributed by atoms with E-state index in [2.05, 4.69) is 10.6 Å². The fourth-order valence-electron chi connectivity index (χ4n) is 2.76. The van der Waals surface area contributed by atoms with Crippen LogP contribution in [0.2, 0.25) is 0 Å². The molecule has 1 heterocycles. The minimum Gasteiger partial charge on any atom is -0.467 e. The molecule has 0 aliphatic rings. The van der Waals surface area contributed by atoms with Crippen molar-refractivity contribution in [2.24, 2.45) is 0 Å². The summed E-state index contributed by atoms with van der Waals surface area (Å²) in [7, 11) is 0. The summed E-state index contributed by atoms with van der Waals surface area (Å²) >= 11 is 0. The summed E-state index contributed by atoms with van der Waals surface area (Å²) in [6.45, 7) is 4.23. The van der Waals surface area contributed by atoms with Crippen LogP contribution in [-0.2, 0) is 4.79 Å². The largest absolute Gasteiger partial charge is 0.467 e. The van der Waals surface area contributed by atoms with Crippen LogP contribution >= 0.6 is 0 Å². The summed E-state index contributed by atoms with van der Waals surface area (Å²) in [6, 6.07) is 19.4. The first kappa shape index (κ1) is 17.0. The van der Waals surface area contributed by atoms with E-state index in [1.807, 2.05) is 74.5 Å². The van der Waals surface area contributed by atoms with Crippen molar-refractivity contribution in [3.63, 3.8) is 0 Å². The van der Waals surface area contributed by atoms with Crippen LogP contribution in [0.3, 0.4) is 0 Å². The van der Waals surface area contributed by atoms with Crippen LogP contribution in [-0.4, -0.2) is 12.5 Å². The topological polar surface area (TPSA) is 54.3 Å². The Balaban J connectivity index is 1.69. The van der Waals surface area contributed by atoms with Gasteiger partial charge >= 0.3 is 0 Å². The maximum atomic E-state index is 12.4. The first-order valence-electron chi connectivity index (χ1n) is 8.33. The standard InChI is InChI=1S/C21H22N2O2/c1-15-8-6-11-18(16(15)2)23-20(24)14-22-21(19-12-7-13-25-19)17-9-4-3-5-10-17/h3-13,21-22H,14H2,1-2H3,(H,23,24)/t21-/m0/s1. The lowest BCUT2D eigenvalue weighted by atomic mass is 10.0. The molecule has 0 unspecified atom stereocenters.